The maximum Gasteiger partial charge on any atom is 0.264 e. The Bertz CT molecular complexity index is 1110. The third-order valence-corrected chi connectivity index (χ3v) is 7.62. The van der Waals surface area contributed by atoms with E-state index in [0.29, 0.717) is 18.4 Å². The van der Waals surface area contributed by atoms with Crippen molar-refractivity contribution in [1.29, 1.82) is 0 Å². The van der Waals surface area contributed by atoms with Crippen LogP contribution in [0.5, 0.6) is 0 Å². The third kappa shape index (κ3) is 3.09. The number of aromatic nitrogens is 2. The minimum Gasteiger partial charge on any atom is -0.354 e. The van der Waals surface area contributed by atoms with Crippen molar-refractivity contribution < 1.29 is 4.79 Å². The number of carbonyl (C=O) groups is 1. The van der Waals surface area contributed by atoms with Crippen LogP contribution in [0.2, 0.25) is 0 Å². The first-order valence-electron chi connectivity index (χ1n) is 10.4. The van der Waals surface area contributed by atoms with Crippen LogP contribution in [-0.2, 0) is 0 Å². The van der Waals surface area contributed by atoms with Crippen molar-refractivity contribution in [2.24, 2.45) is 11.7 Å². The van der Waals surface area contributed by atoms with Crippen molar-refractivity contribution in [3.8, 4) is 11.3 Å². The number of nitrogens with two attached hydrogens (primary N) is 1. The molecule has 1 saturated carbocycles. The van der Waals surface area contributed by atoms with Crippen molar-refractivity contribution in [2.45, 2.75) is 52.0 Å². The Morgan fingerprint density at radius 1 is 1.31 bits per heavy atom. The molecule has 1 aliphatic heterocycles. The van der Waals surface area contributed by atoms with Gasteiger partial charge in [-0.3, -0.25) is 9.78 Å². The molecule has 2 fully saturated rings. The van der Waals surface area contributed by atoms with Crippen LogP contribution < -0.4 is 5.73 Å². The van der Waals surface area contributed by atoms with Crippen LogP contribution in [0.1, 0.15) is 59.2 Å². The van der Waals surface area contributed by atoms with E-state index in [1.165, 1.54) is 10.3 Å². The Labute approximate surface area is 175 Å². The minimum absolute atomic E-state index is 0.126. The number of nitrogens with one attached hydrogen (secondary N) is 1. The van der Waals surface area contributed by atoms with E-state index in [-0.39, 0.29) is 11.4 Å². The number of rotatable bonds is 3. The maximum absolute atomic E-state index is 13.2. The minimum atomic E-state index is -0.126. The normalized spacial score (nSPS) is 23.7. The van der Waals surface area contributed by atoms with Crippen LogP contribution in [0.4, 0.5) is 0 Å². The number of nitrogens with zero attached hydrogens (tertiary/aromatic N) is 2. The van der Waals surface area contributed by atoms with E-state index in [9.17, 15) is 4.79 Å². The zero-order valence-electron chi connectivity index (χ0n) is 17.5. The molecule has 0 radical (unpaired) electrons. The van der Waals surface area contributed by atoms with Crippen LogP contribution in [-0.4, -0.2) is 39.4 Å². The van der Waals surface area contributed by atoms with Crippen LogP contribution >= 0.6 is 11.3 Å². The van der Waals surface area contributed by atoms with E-state index in [4.69, 9.17) is 5.73 Å². The van der Waals surface area contributed by atoms with Crippen molar-refractivity contribution in [3.05, 3.63) is 40.0 Å². The largest absolute Gasteiger partial charge is 0.354 e. The predicted molar refractivity (Wildman–Crippen MR) is 119 cm³/mol. The molecule has 1 aliphatic carbocycles. The molecule has 1 amide bonds. The fourth-order valence-corrected chi connectivity index (χ4v) is 6.20. The number of carbonyl (C=O) groups excluding carboxylic acids is 1. The quantitative estimate of drug-likeness (QED) is 0.665. The Kier molecular flexibility index (Phi) is 4.16. The summed E-state index contributed by atoms with van der Waals surface area (Å²) in [4.78, 5) is 24.0. The Balaban J connectivity index is 1.53. The number of amides is 1. The Morgan fingerprint density at radius 2 is 2.03 bits per heavy atom. The maximum atomic E-state index is 13.2. The molecule has 5 nitrogen and oxygen atoms in total. The Hall–Kier alpha value is -2.18. The van der Waals surface area contributed by atoms with Gasteiger partial charge in [-0.2, -0.15) is 0 Å². The molecule has 5 rings (SSSR count). The lowest BCUT2D eigenvalue weighted by molar-refractivity contribution is 0.0708. The second-order valence-corrected chi connectivity index (χ2v) is 10.3. The molecule has 4 heterocycles. The molecule has 3 aromatic heterocycles. The highest BCUT2D eigenvalue weighted by molar-refractivity contribution is 7.21. The second kappa shape index (κ2) is 6.41. The topological polar surface area (TPSA) is 75.0 Å². The van der Waals surface area contributed by atoms with Crippen molar-refractivity contribution >= 4 is 27.5 Å². The highest BCUT2D eigenvalue weighted by atomic mass is 32.1. The molecule has 2 atom stereocenters. The molecular weight excluding hydrogens is 380 g/mol. The summed E-state index contributed by atoms with van der Waals surface area (Å²) in [6, 6.07) is 6.28. The van der Waals surface area contributed by atoms with Gasteiger partial charge in [0.25, 0.3) is 5.91 Å². The van der Waals surface area contributed by atoms with Gasteiger partial charge in [0.2, 0.25) is 0 Å². The van der Waals surface area contributed by atoms with Gasteiger partial charge in [0.1, 0.15) is 0 Å². The van der Waals surface area contributed by atoms with E-state index < -0.39 is 0 Å². The summed E-state index contributed by atoms with van der Waals surface area (Å²) in [7, 11) is 0. The lowest BCUT2D eigenvalue weighted by Gasteiger charge is -2.30. The van der Waals surface area contributed by atoms with Gasteiger partial charge in [-0.15, -0.1) is 11.3 Å². The van der Waals surface area contributed by atoms with Crippen LogP contribution in [0.25, 0.3) is 21.5 Å². The fraction of sp³-hybridized carbons (Fsp3) is 0.478. The van der Waals surface area contributed by atoms with E-state index >= 15 is 0 Å². The first kappa shape index (κ1) is 18.8. The smallest absolute Gasteiger partial charge is 0.264 e. The molecule has 1 saturated heterocycles. The van der Waals surface area contributed by atoms with Gasteiger partial charge in [-0.25, -0.2) is 0 Å². The molecule has 152 valence electrons. The van der Waals surface area contributed by atoms with Crippen molar-refractivity contribution in [3.63, 3.8) is 0 Å². The van der Waals surface area contributed by atoms with Gasteiger partial charge in [0.15, 0.2) is 0 Å². The number of fused-ring (bicyclic) bond motifs is 2. The number of thiophene rings is 1. The highest BCUT2D eigenvalue weighted by Crippen LogP contribution is 2.47. The predicted octanol–water partition coefficient (Wildman–Crippen LogP) is 4.59. The zero-order valence-corrected chi connectivity index (χ0v) is 18.3. The molecule has 2 aliphatic rings. The molecule has 3 aromatic rings. The number of aromatic amines is 1. The highest BCUT2D eigenvalue weighted by Gasteiger charge is 2.54. The zero-order chi connectivity index (χ0) is 20.5. The number of H-pyrrole nitrogens is 1. The standard InChI is InChI=1S/C23H28N4OS/c1-12(2)19-20(15-7-13(3)25-14(4)8-15)26-17-9-18(29-21(17)19)22(28)27-6-5-16-10-23(16,24)11-27/h7-9,12,16,26H,5-6,10-11,24H2,1-4H3. The van der Waals surface area contributed by atoms with Gasteiger partial charge in [-0.1, -0.05) is 13.8 Å². The van der Waals surface area contributed by atoms with Gasteiger partial charge in [-0.05, 0) is 62.3 Å². The monoisotopic (exact) mass is 408 g/mol. The average molecular weight is 409 g/mol. The number of likely N-dealkylation sites (tertiary alicyclic amines) is 1. The summed E-state index contributed by atoms with van der Waals surface area (Å²) in [5.74, 6) is 1.09. The van der Waals surface area contributed by atoms with E-state index in [1.54, 1.807) is 11.3 Å². The van der Waals surface area contributed by atoms with Gasteiger partial charge < -0.3 is 15.6 Å². The van der Waals surface area contributed by atoms with Gasteiger partial charge in [0.05, 0.1) is 20.8 Å². The summed E-state index contributed by atoms with van der Waals surface area (Å²) < 4.78 is 1.19. The molecule has 2 unspecified atom stereocenters. The van der Waals surface area contributed by atoms with Crippen LogP contribution in [0.3, 0.4) is 0 Å². The van der Waals surface area contributed by atoms with Crippen LogP contribution in [0.15, 0.2) is 18.2 Å². The fourth-order valence-electron chi connectivity index (χ4n) is 4.92. The summed E-state index contributed by atoms with van der Waals surface area (Å²) in [6.45, 7) is 10.0. The first-order valence-corrected chi connectivity index (χ1v) is 11.3. The molecule has 0 aromatic carbocycles. The van der Waals surface area contributed by atoms with E-state index in [1.807, 2.05) is 24.8 Å². The summed E-state index contributed by atoms with van der Waals surface area (Å²) in [5, 5.41) is 0. The summed E-state index contributed by atoms with van der Waals surface area (Å²) >= 11 is 1.61. The number of hydrogen-bond donors (Lipinski definition) is 2. The lowest BCUT2D eigenvalue weighted by atomic mass is 9.99. The number of piperidine rings is 1. The van der Waals surface area contributed by atoms with Crippen LogP contribution in [0, 0.1) is 19.8 Å². The molecule has 3 N–H and O–H groups in total. The van der Waals surface area contributed by atoms with E-state index in [0.717, 1.165) is 52.4 Å². The first-order chi connectivity index (χ1) is 13.7. The number of pyridine rings is 1. The van der Waals surface area contributed by atoms with Crippen molar-refractivity contribution in [2.75, 3.05) is 13.1 Å². The summed E-state index contributed by atoms with van der Waals surface area (Å²) in [5.41, 5.74) is 12.9. The Morgan fingerprint density at radius 3 is 2.69 bits per heavy atom. The van der Waals surface area contributed by atoms with Gasteiger partial charge in [0, 0.05) is 35.6 Å². The van der Waals surface area contributed by atoms with E-state index in [2.05, 4.69) is 35.9 Å². The lowest BCUT2D eigenvalue weighted by Crippen LogP contribution is -2.47. The average Bonchev–Trinajstić information content (AvgIpc) is 2.97. The third-order valence-electron chi connectivity index (χ3n) is 6.46. The molecular formula is C23H28N4OS. The molecule has 0 spiro atoms. The van der Waals surface area contributed by atoms with Gasteiger partial charge >= 0.3 is 0 Å². The molecule has 6 heteroatoms. The number of aryl methyl sites for hydroxylation is 2. The summed E-state index contributed by atoms with van der Waals surface area (Å²) in [6.07, 6.45) is 2.10. The SMILES string of the molecule is Cc1cc(-c2[nH]c3cc(C(=O)N4CCC5CC5(N)C4)sc3c2C(C)C)cc(C)n1. The molecule has 29 heavy (non-hydrogen) atoms. The second-order valence-electron chi connectivity index (χ2n) is 9.21. The van der Waals surface area contributed by atoms with Crippen molar-refractivity contribution in [1.82, 2.24) is 14.9 Å². The molecule has 0 bridgehead atoms. The number of hydrogen-bond acceptors (Lipinski definition) is 4.